The van der Waals surface area contributed by atoms with Gasteiger partial charge in [0.25, 0.3) is 0 Å². The molecule has 29 heavy (non-hydrogen) atoms. The highest BCUT2D eigenvalue weighted by atomic mass is 16.5. The van der Waals surface area contributed by atoms with E-state index in [-0.39, 0.29) is 11.8 Å². The molecule has 4 rings (SSSR count). The van der Waals surface area contributed by atoms with Crippen molar-refractivity contribution in [2.75, 3.05) is 33.2 Å². The van der Waals surface area contributed by atoms with Gasteiger partial charge in [-0.2, -0.15) is 0 Å². The number of carbonyl (C=O) groups excluding carboxylic acids is 1. The third-order valence-electron chi connectivity index (χ3n) is 6.30. The molecule has 7 nitrogen and oxygen atoms in total. The van der Waals surface area contributed by atoms with Crippen LogP contribution in [0.25, 0.3) is 0 Å². The van der Waals surface area contributed by atoms with Crippen molar-refractivity contribution in [1.82, 2.24) is 24.8 Å². The summed E-state index contributed by atoms with van der Waals surface area (Å²) >= 11 is 0. The van der Waals surface area contributed by atoms with E-state index < -0.39 is 0 Å². The van der Waals surface area contributed by atoms with Crippen LogP contribution in [-0.4, -0.2) is 70.0 Å². The lowest BCUT2D eigenvalue weighted by Gasteiger charge is -2.42. The minimum atomic E-state index is 0.0931. The predicted molar refractivity (Wildman–Crippen MR) is 110 cm³/mol. The fraction of sp³-hybridized carbons (Fsp3) is 0.591. The van der Waals surface area contributed by atoms with Gasteiger partial charge in [-0.05, 0) is 63.0 Å². The third-order valence-corrected chi connectivity index (χ3v) is 6.30. The van der Waals surface area contributed by atoms with E-state index in [1.54, 1.807) is 11.2 Å². The fourth-order valence-electron chi connectivity index (χ4n) is 4.68. The van der Waals surface area contributed by atoms with Crippen LogP contribution in [0.5, 0.6) is 0 Å². The highest BCUT2D eigenvalue weighted by Crippen LogP contribution is 2.25. The van der Waals surface area contributed by atoms with Crippen LogP contribution in [-0.2, 0) is 17.9 Å². The molecule has 2 aromatic heterocycles. The summed E-state index contributed by atoms with van der Waals surface area (Å²) in [5, 5.41) is 3.92. The molecule has 0 N–H and O–H groups in total. The number of hydrogen-bond donors (Lipinski definition) is 0. The molecule has 0 bridgehead atoms. The quantitative estimate of drug-likeness (QED) is 0.746. The molecule has 0 unspecified atom stereocenters. The summed E-state index contributed by atoms with van der Waals surface area (Å²) in [5.41, 5.74) is 2.13. The smallest absolute Gasteiger partial charge is 0.227 e. The van der Waals surface area contributed by atoms with E-state index in [1.165, 1.54) is 18.4 Å². The molecule has 1 atom stereocenters. The van der Waals surface area contributed by atoms with E-state index in [9.17, 15) is 4.79 Å². The van der Waals surface area contributed by atoms with Gasteiger partial charge >= 0.3 is 0 Å². The Morgan fingerprint density at radius 1 is 1.17 bits per heavy atom. The van der Waals surface area contributed by atoms with Crippen molar-refractivity contribution in [3.8, 4) is 0 Å². The van der Waals surface area contributed by atoms with Gasteiger partial charge in [0.15, 0.2) is 0 Å². The van der Waals surface area contributed by atoms with Crippen molar-refractivity contribution < 1.29 is 9.32 Å². The number of likely N-dealkylation sites (tertiary alicyclic amines) is 2. The molecule has 2 saturated heterocycles. The first-order valence-corrected chi connectivity index (χ1v) is 10.7. The van der Waals surface area contributed by atoms with Crippen LogP contribution in [0.3, 0.4) is 0 Å². The topological polar surface area (TPSA) is 65.7 Å². The summed E-state index contributed by atoms with van der Waals surface area (Å²) in [6, 6.07) is 6.61. The van der Waals surface area contributed by atoms with E-state index in [0.29, 0.717) is 12.6 Å². The number of amides is 1. The normalized spacial score (nSPS) is 21.9. The summed E-state index contributed by atoms with van der Waals surface area (Å²) in [5.74, 6) is 0.323. The van der Waals surface area contributed by atoms with Gasteiger partial charge in [-0.25, -0.2) is 0 Å². The van der Waals surface area contributed by atoms with Crippen LogP contribution in [0.2, 0.25) is 0 Å². The molecular formula is C22H31N5O2. The highest BCUT2D eigenvalue weighted by Gasteiger charge is 2.32. The first kappa shape index (κ1) is 20.0. The zero-order valence-electron chi connectivity index (χ0n) is 17.2. The zero-order valence-corrected chi connectivity index (χ0v) is 17.2. The van der Waals surface area contributed by atoms with Gasteiger partial charge in [0.1, 0.15) is 12.0 Å². The Morgan fingerprint density at radius 2 is 1.97 bits per heavy atom. The number of pyridine rings is 1. The Bertz CT molecular complexity index is 759. The van der Waals surface area contributed by atoms with E-state index in [4.69, 9.17) is 4.52 Å². The molecule has 1 amide bonds. The lowest BCUT2D eigenvalue weighted by molar-refractivity contribution is -0.137. The molecule has 0 aliphatic carbocycles. The molecular weight excluding hydrogens is 366 g/mol. The van der Waals surface area contributed by atoms with Gasteiger partial charge in [0.05, 0.1) is 12.5 Å². The van der Waals surface area contributed by atoms with Crippen molar-refractivity contribution in [2.45, 2.75) is 44.8 Å². The largest absolute Gasteiger partial charge is 0.364 e. The summed E-state index contributed by atoms with van der Waals surface area (Å²) in [7, 11) is 1.87. The molecule has 156 valence electrons. The van der Waals surface area contributed by atoms with Gasteiger partial charge in [-0.15, -0.1) is 0 Å². The molecule has 0 spiro atoms. The molecule has 0 aromatic carbocycles. The Labute approximate surface area is 172 Å². The van der Waals surface area contributed by atoms with E-state index in [2.05, 4.69) is 32.1 Å². The van der Waals surface area contributed by atoms with Crippen molar-refractivity contribution in [1.29, 1.82) is 0 Å². The molecule has 7 heteroatoms. The highest BCUT2D eigenvalue weighted by molar-refractivity contribution is 5.78. The number of hydrogen-bond acceptors (Lipinski definition) is 6. The molecule has 0 saturated carbocycles. The number of aromatic nitrogens is 2. The van der Waals surface area contributed by atoms with Crippen molar-refractivity contribution in [3.05, 3.63) is 48.1 Å². The minimum Gasteiger partial charge on any atom is -0.364 e. The molecule has 4 heterocycles. The van der Waals surface area contributed by atoms with Crippen molar-refractivity contribution >= 4 is 5.91 Å². The van der Waals surface area contributed by atoms with Crippen LogP contribution in [0.15, 0.2) is 41.4 Å². The van der Waals surface area contributed by atoms with Gasteiger partial charge in [0, 0.05) is 44.6 Å². The Kier molecular flexibility index (Phi) is 6.56. The van der Waals surface area contributed by atoms with E-state index in [0.717, 1.165) is 51.3 Å². The van der Waals surface area contributed by atoms with Crippen LogP contribution in [0.4, 0.5) is 0 Å². The standard InChI is InChI=1S/C22H31N5O2/c1-25(17-20-8-14-29-24-20)22(28)19-3-2-11-27(16-19)21-6-12-26(13-7-21)15-18-4-9-23-10-5-18/h4-5,8-10,14,19,21H,2-3,6-7,11-13,15-17H2,1H3/t19-/m1/s1. The lowest BCUT2D eigenvalue weighted by atomic mass is 9.92. The van der Waals surface area contributed by atoms with Crippen LogP contribution < -0.4 is 0 Å². The second kappa shape index (κ2) is 9.50. The van der Waals surface area contributed by atoms with Crippen LogP contribution >= 0.6 is 0 Å². The van der Waals surface area contributed by atoms with Gasteiger partial charge in [-0.3, -0.25) is 19.6 Å². The Balaban J connectivity index is 1.26. The third kappa shape index (κ3) is 5.22. The number of rotatable bonds is 6. The van der Waals surface area contributed by atoms with Gasteiger partial charge < -0.3 is 9.42 Å². The lowest BCUT2D eigenvalue weighted by Crippen LogP contribution is -2.50. The molecule has 0 radical (unpaired) electrons. The number of piperidine rings is 2. The van der Waals surface area contributed by atoms with Gasteiger partial charge in [-0.1, -0.05) is 5.16 Å². The second-order valence-corrected chi connectivity index (χ2v) is 8.38. The van der Waals surface area contributed by atoms with Crippen LogP contribution in [0, 0.1) is 5.92 Å². The summed E-state index contributed by atoms with van der Waals surface area (Å²) in [4.78, 5) is 23.9. The zero-order chi connectivity index (χ0) is 20.1. The average Bonchev–Trinajstić information content (AvgIpc) is 3.27. The maximum atomic E-state index is 12.9. The second-order valence-electron chi connectivity index (χ2n) is 8.38. The predicted octanol–water partition coefficient (Wildman–Crippen LogP) is 2.40. The van der Waals surface area contributed by atoms with E-state index in [1.807, 2.05) is 25.5 Å². The Morgan fingerprint density at radius 3 is 2.69 bits per heavy atom. The average molecular weight is 398 g/mol. The SMILES string of the molecule is CN(Cc1ccon1)C(=O)[C@@H]1CCCN(C2CCN(Cc3ccncc3)CC2)C1. The summed E-state index contributed by atoms with van der Waals surface area (Å²) in [6.45, 7) is 5.76. The molecule has 2 aliphatic heterocycles. The van der Waals surface area contributed by atoms with Crippen molar-refractivity contribution in [2.24, 2.45) is 5.92 Å². The maximum Gasteiger partial charge on any atom is 0.227 e. The fourth-order valence-corrected chi connectivity index (χ4v) is 4.68. The van der Waals surface area contributed by atoms with Gasteiger partial charge in [0.2, 0.25) is 5.91 Å². The summed E-state index contributed by atoms with van der Waals surface area (Å²) in [6.07, 6.45) is 9.74. The van der Waals surface area contributed by atoms with E-state index >= 15 is 0 Å². The summed E-state index contributed by atoms with van der Waals surface area (Å²) < 4.78 is 4.88. The molecule has 2 fully saturated rings. The Hall–Kier alpha value is -2.25. The number of nitrogens with zero attached hydrogens (tertiary/aromatic N) is 5. The first-order chi connectivity index (χ1) is 14.2. The monoisotopic (exact) mass is 397 g/mol. The van der Waals surface area contributed by atoms with Crippen molar-refractivity contribution in [3.63, 3.8) is 0 Å². The van der Waals surface area contributed by atoms with Crippen LogP contribution in [0.1, 0.15) is 36.9 Å². The minimum absolute atomic E-state index is 0.0931. The maximum absolute atomic E-state index is 12.9. The first-order valence-electron chi connectivity index (χ1n) is 10.7. The molecule has 2 aliphatic rings. The molecule has 2 aromatic rings. The number of carbonyl (C=O) groups is 1.